The zero-order valence-corrected chi connectivity index (χ0v) is 13.8. The summed E-state index contributed by atoms with van der Waals surface area (Å²) in [6, 6.07) is 8.99. The predicted molar refractivity (Wildman–Crippen MR) is 90.5 cm³/mol. The highest BCUT2D eigenvalue weighted by molar-refractivity contribution is 7.14. The zero-order chi connectivity index (χ0) is 16.4. The number of rotatable bonds is 5. The van der Waals surface area contributed by atoms with Gasteiger partial charge in [-0.3, -0.25) is 9.59 Å². The summed E-state index contributed by atoms with van der Waals surface area (Å²) in [7, 11) is 1.55. The van der Waals surface area contributed by atoms with Crippen molar-refractivity contribution >= 4 is 28.8 Å². The lowest BCUT2D eigenvalue weighted by Crippen LogP contribution is -2.27. The van der Waals surface area contributed by atoms with Gasteiger partial charge in [0.25, 0.3) is 11.8 Å². The lowest BCUT2D eigenvalue weighted by atomic mass is 10.1. The van der Waals surface area contributed by atoms with Gasteiger partial charge in [0.2, 0.25) is 0 Å². The topological polar surface area (TPSA) is 67.4 Å². The Morgan fingerprint density at radius 1 is 1.17 bits per heavy atom. The van der Waals surface area contributed by atoms with E-state index in [1.54, 1.807) is 31.4 Å². The minimum Gasteiger partial charge on any atom is -0.497 e. The van der Waals surface area contributed by atoms with Gasteiger partial charge < -0.3 is 15.4 Å². The Labute approximate surface area is 138 Å². The Morgan fingerprint density at radius 2 is 1.96 bits per heavy atom. The van der Waals surface area contributed by atoms with E-state index in [9.17, 15) is 9.59 Å². The van der Waals surface area contributed by atoms with Crippen LogP contribution in [0.3, 0.4) is 0 Å². The molecule has 0 bridgehead atoms. The van der Waals surface area contributed by atoms with Crippen molar-refractivity contribution in [2.24, 2.45) is 0 Å². The first-order chi connectivity index (χ1) is 11.1. The lowest BCUT2D eigenvalue weighted by molar-refractivity contribution is 0.0951. The van der Waals surface area contributed by atoms with Crippen molar-refractivity contribution in [1.82, 2.24) is 5.32 Å². The quantitative estimate of drug-likeness (QED) is 0.884. The monoisotopic (exact) mass is 330 g/mol. The molecule has 120 valence electrons. The third-order valence-corrected chi connectivity index (χ3v) is 4.60. The van der Waals surface area contributed by atoms with Crippen LogP contribution < -0.4 is 15.4 Å². The first-order valence-electron chi connectivity index (χ1n) is 7.43. The average Bonchev–Trinajstić information content (AvgIpc) is 3.25. The number of amides is 2. The Morgan fingerprint density at radius 3 is 2.57 bits per heavy atom. The maximum Gasteiger partial charge on any atom is 0.265 e. The summed E-state index contributed by atoms with van der Waals surface area (Å²) in [5.74, 6) is 0.175. The number of anilines is 1. The largest absolute Gasteiger partial charge is 0.497 e. The summed E-state index contributed by atoms with van der Waals surface area (Å²) in [5, 5.41) is 5.76. The molecule has 5 nitrogen and oxygen atoms in total. The molecule has 6 heteroatoms. The van der Waals surface area contributed by atoms with E-state index in [1.807, 2.05) is 13.0 Å². The molecule has 1 heterocycles. The fourth-order valence-corrected chi connectivity index (χ4v) is 2.94. The van der Waals surface area contributed by atoms with Crippen LogP contribution in [0.4, 0.5) is 5.69 Å². The first-order valence-corrected chi connectivity index (χ1v) is 8.25. The fourth-order valence-electron chi connectivity index (χ4n) is 2.18. The van der Waals surface area contributed by atoms with E-state index in [1.165, 1.54) is 11.3 Å². The fraction of sp³-hybridized carbons (Fsp3) is 0.294. The number of carbonyl (C=O) groups excluding carboxylic acids is 2. The second-order valence-electron chi connectivity index (χ2n) is 5.52. The number of benzene rings is 1. The van der Waals surface area contributed by atoms with E-state index in [0.29, 0.717) is 21.9 Å². The van der Waals surface area contributed by atoms with Crippen LogP contribution in [0.2, 0.25) is 0 Å². The van der Waals surface area contributed by atoms with Crippen molar-refractivity contribution < 1.29 is 14.3 Å². The number of ether oxygens (including phenoxy) is 1. The van der Waals surface area contributed by atoms with Crippen LogP contribution in [0.15, 0.2) is 30.3 Å². The summed E-state index contributed by atoms with van der Waals surface area (Å²) in [6.45, 7) is 1.95. The van der Waals surface area contributed by atoms with Crippen molar-refractivity contribution in [2.45, 2.75) is 25.8 Å². The molecule has 3 rings (SSSR count). The molecule has 1 aliphatic rings. The van der Waals surface area contributed by atoms with Gasteiger partial charge in [-0.05, 0) is 50.1 Å². The second kappa shape index (κ2) is 6.42. The molecular weight excluding hydrogens is 312 g/mol. The van der Waals surface area contributed by atoms with E-state index in [4.69, 9.17) is 4.74 Å². The Kier molecular flexibility index (Phi) is 4.34. The van der Waals surface area contributed by atoms with Gasteiger partial charge in [-0.25, -0.2) is 0 Å². The molecule has 23 heavy (non-hydrogen) atoms. The molecule has 1 aliphatic carbocycles. The maximum absolute atomic E-state index is 12.4. The van der Waals surface area contributed by atoms with E-state index >= 15 is 0 Å². The predicted octanol–water partition coefficient (Wildman–Crippen LogP) is 3.21. The van der Waals surface area contributed by atoms with Gasteiger partial charge in [0.1, 0.15) is 5.75 Å². The molecule has 1 saturated carbocycles. The molecule has 2 amide bonds. The number of hydrogen-bond donors (Lipinski definition) is 2. The summed E-state index contributed by atoms with van der Waals surface area (Å²) in [6.07, 6.45) is 2.01. The summed E-state index contributed by atoms with van der Waals surface area (Å²) in [4.78, 5) is 26.4. The molecule has 2 aromatic rings. The first kappa shape index (κ1) is 15.6. The normalized spacial score (nSPS) is 13.5. The van der Waals surface area contributed by atoms with Gasteiger partial charge in [0, 0.05) is 10.9 Å². The van der Waals surface area contributed by atoms with Crippen LogP contribution in [0, 0.1) is 6.92 Å². The molecular formula is C17H18N2O3S. The third kappa shape index (κ3) is 3.71. The Hall–Kier alpha value is -2.34. The Bertz CT molecular complexity index is 750. The highest BCUT2D eigenvalue weighted by Gasteiger charge is 2.25. The van der Waals surface area contributed by atoms with E-state index < -0.39 is 0 Å². The molecule has 2 N–H and O–H groups in total. The van der Waals surface area contributed by atoms with Gasteiger partial charge in [-0.2, -0.15) is 0 Å². The Balaban J connectivity index is 1.84. The molecule has 0 atom stereocenters. The van der Waals surface area contributed by atoms with Crippen LogP contribution >= 0.6 is 11.3 Å². The molecule has 0 spiro atoms. The van der Waals surface area contributed by atoms with Crippen LogP contribution in [0.25, 0.3) is 0 Å². The van der Waals surface area contributed by atoms with Gasteiger partial charge in [0.05, 0.1) is 23.2 Å². The smallest absolute Gasteiger partial charge is 0.265 e. The number of aryl methyl sites for hydroxylation is 1. The molecule has 0 radical (unpaired) electrons. The van der Waals surface area contributed by atoms with Crippen molar-refractivity contribution in [3.05, 3.63) is 45.6 Å². The summed E-state index contributed by atoms with van der Waals surface area (Å²) >= 11 is 1.42. The average molecular weight is 330 g/mol. The lowest BCUT2D eigenvalue weighted by Gasteiger charge is -2.12. The molecule has 0 saturated heterocycles. The standard InChI is InChI=1S/C17H18N2O3S/c1-10-3-8-15(23-10)17(21)19-14-7-6-12(22-2)9-13(14)16(20)18-11-4-5-11/h3,6-9,11H,4-5H2,1-2H3,(H,18,20)(H,19,21). The molecule has 1 aromatic heterocycles. The second-order valence-corrected chi connectivity index (χ2v) is 6.81. The van der Waals surface area contributed by atoms with Crippen molar-refractivity contribution in [1.29, 1.82) is 0 Å². The number of methoxy groups -OCH3 is 1. The molecule has 0 aliphatic heterocycles. The highest BCUT2D eigenvalue weighted by atomic mass is 32.1. The van der Waals surface area contributed by atoms with Crippen LogP contribution in [-0.2, 0) is 0 Å². The summed E-state index contributed by atoms with van der Waals surface area (Å²) < 4.78 is 5.18. The maximum atomic E-state index is 12.4. The minimum atomic E-state index is -0.214. The van der Waals surface area contributed by atoms with Crippen molar-refractivity contribution in [2.75, 3.05) is 12.4 Å². The number of carbonyl (C=O) groups is 2. The van der Waals surface area contributed by atoms with Crippen LogP contribution in [0.1, 0.15) is 37.7 Å². The summed E-state index contributed by atoms with van der Waals surface area (Å²) in [5.41, 5.74) is 0.901. The molecule has 1 fully saturated rings. The molecule has 0 unspecified atom stereocenters. The zero-order valence-electron chi connectivity index (χ0n) is 13.0. The van der Waals surface area contributed by atoms with Crippen LogP contribution in [-0.4, -0.2) is 25.0 Å². The van der Waals surface area contributed by atoms with Gasteiger partial charge in [-0.15, -0.1) is 11.3 Å². The highest BCUT2D eigenvalue weighted by Crippen LogP contribution is 2.26. The molecule has 1 aromatic carbocycles. The van der Waals surface area contributed by atoms with Gasteiger partial charge >= 0.3 is 0 Å². The van der Waals surface area contributed by atoms with Crippen molar-refractivity contribution in [3.63, 3.8) is 0 Å². The van der Waals surface area contributed by atoms with Crippen LogP contribution in [0.5, 0.6) is 5.75 Å². The van der Waals surface area contributed by atoms with E-state index in [0.717, 1.165) is 17.7 Å². The number of thiophene rings is 1. The van der Waals surface area contributed by atoms with Gasteiger partial charge in [-0.1, -0.05) is 0 Å². The van der Waals surface area contributed by atoms with Gasteiger partial charge in [0.15, 0.2) is 0 Å². The van der Waals surface area contributed by atoms with E-state index in [2.05, 4.69) is 10.6 Å². The third-order valence-electron chi connectivity index (χ3n) is 3.60. The number of nitrogens with one attached hydrogen (secondary N) is 2. The van der Waals surface area contributed by atoms with E-state index in [-0.39, 0.29) is 17.9 Å². The number of hydrogen-bond acceptors (Lipinski definition) is 4. The SMILES string of the molecule is COc1ccc(NC(=O)c2ccc(C)s2)c(C(=O)NC2CC2)c1. The minimum absolute atomic E-state index is 0.191. The van der Waals surface area contributed by atoms with Crippen molar-refractivity contribution in [3.8, 4) is 5.75 Å².